The first-order valence-corrected chi connectivity index (χ1v) is 9.41. The number of hydrogen-bond acceptors (Lipinski definition) is 4. The number of rotatable bonds is 9. The lowest BCUT2D eigenvalue weighted by molar-refractivity contribution is -0.00384. The molecule has 1 aromatic rings. The number of nitrogens with zero attached hydrogens (tertiary/aromatic N) is 1. The van der Waals surface area contributed by atoms with Gasteiger partial charge in [-0.2, -0.15) is 0 Å². The molecular formula is C21H31NO4. The fraction of sp³-hybridized carbons (Fsp3) is 0.571. The van der Waals surface area contributed by atoms with Crippen molar-refractivity contribution in [2.24, 2.45) is 0 Å². The van der Waals surface area contributed by atoms with E-state index in [-0.39, 0.29) is 12.0 Å². The maximum absolute atomic E-state index is 13.2. The summed E-state index contributed by atoms with van der Waals surface area (Å²) in [7, 11) is 3.19. The number of carbonyl (C=O) groups excluding carboxylic acids is 1. The fourth-order valence-corrected chi connectivity index (χ4v) is 3.40. The van der Waals surface area contributed by atoms with Gasteiger partial charge in [-0.15, -0.1) is 6.58 Å². The highest BCUT2D eigenvalue weighted by Gasteiger charge is 2.24. The maximum Gasteiger partial charge on any atom is 0.254 e. The predicted molar refractivity (Wildman–Crippen MR) is 103 cm³/mol. The first-order chi connectivity index (χ1) is 12.6. The van der Waals surface area contributed by atoms with Crippen molar-refractivity contribution in [1.82, 2.24) is 4.90 Å². The smallest absolute Gasteiger partial charge is 0.254 e. The molecule has 0 aliphatic carbocycles. The van der Waals surface area contributed by atoms with Gasteiger partial charge in [-0.1, -0.05) is 13.0 Å². The minimum Gasteiger partial charge on any atom is -0.493 e. The fourth-order valence-electron chi connectivity index (χ4n) is 3.40. The van der Waals surface area contributed by atoms with Gasteiger partial charge in [-0.05, 0) is 44.2 Å². The van der Waals surface area contributed by atoms with Gasteiger partial charge in [0.25, 0.3) is 5.91 Å². The average Bonchev–Trinajstić information content (AvgIpc) is 2.67. The van der Waals surface area contributed by atoms with Crippen LogP contribution in [0.2, 0.25) is 0 Å². The van der Waals surface area contributed by atoms with Gasteiger partial charge in [0.2, 0.25) is 0 Å². The number of hydrogen-bond donors (Lipinski definition) is 0. The van der Waals surface area contributed by atoms with Gasteiger partial charge in [-0.25, -0.2) is 0 Å². The molecule has 0 bridgehead atoms. The molecule has 5 heteroatoms. The summed E-state index contributed by atoms with van der Waals surface area (Å²) in [6, 6.07) is 3.65. The molecule has 0 N–H and O–H groups in total. The van der Waals surface area contributed by atoms with Gasteiger partial charge in [0.15, 0.2) is 11.5 Å². The summed E-state index contributed by atoms with van der Waals surface area (Å²) in [5, 5.41) is 0. The number of methoxy groups -OCH3 is 2. The van der Waals surface area contributed by atoms with Gasteiger partial charge in [0.1, 0.15) is 0 Å². The zero-order valence-corrected chi connectivity index (χ0v) is 16.3. The van der Waals surface area contributed by atoms with Gasteiger partial charge in [-0.3, -0.25) is 4.79 Å². The van der Waals surface area contributed by atoms with Gasteiger partial charge in [0, 0.05) is 30.8 Å². The Hall–Kier alpha value is -2.01. The molecule has 1 aromatic carbocycles. The number of amides is 1. The number of allylic oxidation sites excluding steroid dienone is 1. The Morgan fingerprint density at radius 1 is 1.35 bits per heavy atom. The Morgan fingerprint density at radius 3 is 2.73 bits per heavy atom. The van der Waals surface area contributed by atoms with Crippen LogP contribution in [0.5, 0.6) is 11.5 Å². The van der Waals surface area contributed by atoms with Crippen LogP contribution in [0, 0.1) is 0 Å². The third-order valence-corrected chi connectivity index (χ3v) is 4.65. The number of carbonyl (C=O) groups is 1. The first kappa shape index (κ1) is 20.3. The molecule has 1 unspecified atom stereocenters. The van der Waals surface area contributed by atoms with Crippen LogP contribution in [0.25, 0.3) is 0 Å². The highest BCUT2D eigenvalue weighted by atomic mass is 16.5. The Bertz CT molecular complexity index is 608. The van der Waals surface area contributed by atoms with E-state index >= 15 is 0 Å². The van der Waals surface area contributed by atoms with Gasteiger partial charge >= 0.3 is 0 Å². The third kappa shape index (κ3) is 5.01. The molecule has 0 radical (unpaired) electrons. The zero-order valence-electron chi connectivity index (χ0n) is 16.3. The third-order valence-electron chi connectivity index (χ3n) is 4.65. The van der Waals surface area contributed by atoms with Gasteiger partial charge < -0.3 is 19.1 Å². The standard InChI is InChI=1S/C21H31NO4/c1-5-9-16-13-17(14-19(24-3)20(16)25-4)21(23)22(11-6-2)15-18-10-7-8-12-26-18/h5,13-14,18H,1,6-12,15H2,2-4H3. The molecular weight excluding hydrogens is 330 g/mol. The molecule has 0 spiro atoms. The highest BCUT2D eigenvalue weighted by Crippen LogP contribution is 2.33. The SMILES string of the molecule is C=CCc1cc(C(=O)N(CCC)CC2CCCCO2)cc(OC)c1OC. The van der Waals surface area contributed by atoms with Crippen LogP contribution < -0.4 is 9.47 Å². The monoisotopic (exact) mass is 361 g/mol. The van der Waals surface area contributed by atoms with Crippen LogP contribution in [-0.4, -0.2) is 50.8 Å². The summed E-state index contributed by atoms with van der Waals surface area (Å²) < 4.78 is 16.7. The first-order valence-electron chi connectivity index (χ1n) is 9.41. The summed E-state index contributed by atoms with van der Waals surface area (Å²) in [6.07, 6.45) is 6.74. The second kappa shape index (κ2) is 10.2. The lowest BCUT2D eigenvalue weighted by Gasteiger charge is -2.30. The van der Waals surface area contributed by atoms with E-state index in [0.717, 1.165) is 31.4 Å². The lowest BCUT2D eigenvalue weighted by Crippen LogP contribution is -2.40. The van der Waals surface area contributed by atoms with E-state index in [4.69, 9.17) is 14.2 Å². The molecule has 1 aliphatic rings. The largest absolute Gasteiger partial charge is 0.493 e. The molecule has 1 amide bonds. The van der Waals surface area contributed by atoms with E-state index in [2.05, 4.69) is 13.5 Å². The number of ether oxygens (including phenoxy) is 3. The van der Waals surface area contributed by atoms with E-state index in [1.54, 1.807) is 26.4 Å². The highest BCUT2D eigenvalue weighted by molar-refractivity contribution is 5.95. The minimum atomic E-state index is 0.00675. The van der Waals surface area contributed by atoms with E-state index in [1.165, 1.54) is 6.42 Å². The Kier molecular flexibility index (Phi) is 7.98. The minimum absolute atomic E-state index is 0.00675. The molecule has 1 aliphatic heterocycles. The van der Waals surface area contributed by atoms with Gasteiger partial charge in [0.05, 0.1) is 20.3 Å². The van der Waals surface area contributed by atoms with E-state index in [9.17, 15) is 4.79 Å². The molecule has 1 saturated heterocycles. The van der Waals surface area contributed by atoms with Crippen LogP contribution >= 0.6 is 0 Å². The van der Waals surface area contributed by atoms with E-state index < -0.39 is 0 Å². The van der Waals surface area contributed by atoms with Crippen molar-refractivity contribution in [2.45, 2.75) is 45.1 Å². The van der Waals surface area contributed by atoms with Crippen LogP contribution in [0.15, 0.2) is 24.8 Å². The Morgan fingerprint density at radius 2 is 2.15 bits per heavy atom. The molecule has 26 heavy (non-hydrogen) atoms. The molecule has 0 aromatic heterocycles. The van der Waals surface area contributed by atoms with E-state index in [0.29, 0.717) is 36.6 Å². The summed E-state index contributed by atoms with van der Waals surface area (Å²) in [4.78, 5) is 15.1. The van der Waals surface area contributed by atoms with Crippen molar-refractivity contribution in [1.29, 1.82) is 0 Å². The summed E-state index contributed by atoms with van der Waals surface area (Å²) in [5.74, 6) is 1.23. The molecule has 1 fully saturated rings. The summed E-state index contributed by atoms with van der Waals surface area (Å²) in [6.45, 7) is 8.02. The van der Waals surface area contributed by atoms with Crippen LogP contribution in [0.3, 0.4) is 0 Å². The predicted octanol–water partition coefficient (Wildman–Crippen LogP) is 3.85. The van der Waals surface area contributed by atoms with Crippen molar-refractivity contribution >= 4 is 5.91 Å². The van der Waals surface area contributed by atoms with Crippen LogP contribution in [-0.2, 0) is 11.2 Å². The quantitative estimate of drug-likeness (QED) is 0.627. The molecule has 0 saturated carbocycles. The second-order valence-electron chi connectivity index (χ2n) is 6.60. The lowest BCUT2D eigenvalue weighted by atomic mass is 10.0. The van der Waals surface area contributed by atoms with Crippen molar-refractivity contribution in [3.8, 4) is 11.5 Å². The zero-order chi connectivity index (χ0) is 18.9. The second-order valence-corrected chi connectivity index (χ2v) is 6.60. The molecule has 2 rings (SSSR count). The molecule has 144 valence electrons. The summed E-state index contributed by atoms with van der Waals surface area (Å²) in [5.41, 5.74) is 1.51. The normalized spacial score (nSPS) is 16.8. The van der Waals surface area contributed by atoms with Crippen molar-refractivity contribution in [3.63, 3.8) is 0 Å². The Labute approximate surface area is 156 Å². The Balaban J connectivity index is 2.28. The van der Waals surface area contributed by atoms with Crippen LogP contribution in [0.4, 0.5) is 0 Å². The van der Waals surface area contributed by atoms with Crippen molar-refractivity contribution < 1.29 is 19.0 Å². The van der Waals surface area contributed by atoms with E-state index in [1.807, 2.05) is 11.0 Å². The molecule has 5 nitrogen and oxygen atoms in total. The maximum atomic E-state index is 13.2. The van der Waals surface area contributed by atoms with Crippen molar-refractivity contribution in [3.05, 3.63) is 35.9 Å². The topological polar surface area (TPSA) is 48.0 Å². The number of benzene rings is 1. The molecule has 1 atom stereocenters. The summed E-state index contributed by atoms with van der Waals surface area (Å²) >= 11 is 0. The van der Waals surface area contributed by atoms with Crippen LogP contribution in [0.1, 0.15) is 48.5 Å². The van der Waals surface area contributed by atoms with Crippen molar-refractivity contribution in [2.75, 3.05) is 33.9 Å². The molecule has 1 heterocycles. The average molecular weight is 361 g/mol.